The molecule has 5 nitrogen and oxygen atoms in total. The number of rotatable bonds is 7. The van der Waals surface area contributed by atoms with E-state index in [1.807, 2.05) is 32.0 Å². The molecule has 0 bridgehead atoms. The van der Waals surface area contributed by atoms with Crippen molar-refractivity contribution < 1.29 is 19.4 Å². The van der Waals surface area contributed by atoms with Gasteiger partial charge in [-0.2, -0.15) is 0 Å². The molecule has 1 aromatic rings. The summed E-state index contributed by atoms with van der Waals surface area (Å²) in [7, 11) is 1.56. The molecule has 2 N–H and O–H groups in total. The number of hydrogen-bond donors (Lipinski definition) is 2. The smallest absolute Gasteiger partial charge is 0.308 e. The van der Waals surface area contributed by atoms with Crippen molar-refractivity contribution in [3.8, 4) is 5.75 Å². The topological polar surface area (TPSA) is 75.6 Å². The molecule has 0 spiro atoms. The zero-order chi connectivity index (χ0) is 16.3. The van der Waals surface area contributed by atoms with Crippen molar-refractivity contribution in [1.29, 1.82) is 0 Å². The van der Waals surface area contributed by atoms with Gasteiger partial charge in [-0.05, 0) is 29.9 Å². The number of carbonyl (C=O) groups excluding carboxylic acids is 1. The second-order valence-corrected chi connectivity index (χ2v) is 6.54. The molecule has 22 heavy (non-hydrogen) atoms. The minimum absolute atomic E-state index is 0.00760. The Kier molecular flexibility index (Phi) is 4.74. The normalized spacial score (nSPS) is 20.0. The van der Waals surface area contributed by atoms with Crippen LogP contribution >= 0.6 is 0 Å². The Hall–Kier alpha value is -2.04. The standard InChI is InChI=1S/C17H23NO4/c1-17(2)9-13(17)15(19)18-10-12(16(20)21)8-11-6-4-5-7-14(11)22-3/h4-7,12-13H,8-10H2,1-3H3,(H,18,19)(H,20,21). The van der Waals surface area contributed by atoms with Crippen LogP contribution in [0.2, 0.25) is 0 Å². The van der Waals surface area contributed by atoms with E-state index in [0.717, 1.165) is 12.0 Å². The van der Waals surface area contributed by atoms with E-state index in [-0.39, 0.29) is 23.8 Å². The molecule has 0 heterocycles. The molecule has 1 aliphatic rings. The van der Waals surface area contributed by atoms with Gasteiger partial charge in [0.25, 0.3) is 0 Å². The summed E-state index contributed by atoms with van der Waals surface area (Å²) in [5.74, 6) is -0.948. The van der Waals surface area contributed by atoms with Gasteiger partial charge in [0.2, 0.25) is 5.91 Å². The molecule has 120 valence electrons. The molecule has 1 saturated carbocycles. The van der Waals surface area contributed by atoms with Crippen LogP contribution in [0, 0.1) is 17.3 Å². The monoisotopic (exact) mass is 305 g/mol. The molecule has 2 atom stereocenters. The van der Waals surface area contributed by atoms with Crippen molar-refractivity contribution in [3.05, 3.63) is 29.8 Å². The lowest BCUT2D eigenvalue weighted by Crippen LogP contribution is -2.35. The highest BCUT2D eigenvalue weighted by Crippen LogP contribution is 2.51. The van der Waals surface area contributed by atoms with E-state index in [1.165, 1.54) is 0 Å². The van der Waals surface area contributed by atoms with E-state index in [1.54, 1.807) is 13.2 Å². The van der Waals surface area contributed by atoms with Crippen LogP contribution in [0.3, 0.4) is 0 Å². The van der Waals surface area contributed by atoms with Crippen LogP contribution in [0.25, 0.3) is 0 Å². The van der Waals surface area contributed by atoms with Gasteiger partial charge in [0.05, 0.1) is 13.0 Å². The number of carboxylic acid groups (broad SMARTS) is 1. The molecular formula is C17H23NO4. The minimum atomic E-state index is -0.915. The number of para-hydroxylation sites is 1. The predicted molar refractivity (Wildman–Crippen MR) is 82.7 cm³/mol. The molecule has 1 amide bonds. The molecule has 0 aromatic heterocycles. The number of carboxylic acids is 1. The van der Waals surface area contributed by atoms with Crippen LogP contribution in [-0.2, 0) is 16.0 Å². The van der Waals surface area contributed by atoms with Crippen LogP contribution in [0.15, 0.2) is 24.3 Å². The Morgan fingerprint density at radius 2 is 2.05 bits per heavy atom. The number of carbonyl (C=O) groups is 2. The van der Waals surface area contributed by atoms with E-state index in [9.17, 15) is 14.7 Å². The third-order valence-electron chi connectivity index (χ3n) is 4.36. The summed E-state index contributed by atoms with van der Waals surface area (Å²) in [4.78, 5) is 23.4. The van der Waals surface area contributed by atoms with Gasteiger partial charge in [0.1, 0.15) is 5.75 Å². The van der Waals surface area contributed by atoms with Crippen LogP contribution in [0.4, 0.5) is 0 Å². The van der Waals surface area contributed by atoms with E-state index in [2.05, 4.69) is 5.32 Å². The molecule has 2 unspecified atom stereocenters. The fraction of sp³-hybridized carbons (Fsp3) is 0.529. The Morgan fingerprint density at radius 1 is 1.41 bits per heavy atom. The lowest BCUT2D eigenvalue weighted by atomic mass is 9.98. The summed E-state index contributed by atoms with van der Waals surface area (Å²) in [6.45, 7) is 4.22. The largest absolute Gasteiger partial charge is 0.496 e. The van der Waals surface area contributed by atoms with Crippen LogP contribution in [0.1, 0.15) is 25.8 Å². The number of benzene rings is 1. The van der Waals surface area contributed by atoms with Gasteiger partial charge in [0.15, 0.2) is 0 Å². The average molecular weight is 305 g/mol. The van der Waals surface area contributed by atoms with Crippen LogP contribution in [0.5, 0.6) is 5.75 Å². The molecule has 1 aliphatic carbocycles. The Labute approximate surface area is 130 Å². The first kappa shape index (κ1) is 16.3. The highest BCUT2D eigenvalue weighted by atomic mass is 16.5. The van der Waals surface area contributed by atoms with Crippen LogP contribution < -0.4 is 10.1 Å². The first-order valence-corrected chi connectivity index (χ1v) is 7.47. The van der Waals surface area contributed by atoms with Crippen molar-refractivity contribution in [1.82, 2.24) is 5.32 Å². The van der Waals surface area contributed by atoms with Gasteiger partial charge in [-0.3, -0.25) is 9.59 Å². The predicted octanol–water partition coefficient (Wildman–Crippen LogP) is 2.10. The van der Waals surface area contributed by atoms with Crippen molar-refractivity contribution in [3.63, 3.8) is 0 Å². The maximum absolute atomic E-state index is 12.0. The first-order valence-electron chi connectivity index (χ1n) is 7.47. The molecule has 5 heteroatoms. The van der Waals surface area contributed by atoms with Crippen molar-refractivity contribution in [2.24, 2.45) is 17.3 Å². The molecule has 1 aromatic carbocycles. The number of aliphatic carboxylic acids is 1. The van der Waals surface area contributed by atoms with Gasteiger partial charge < -0.3 is 15.2 Å². The molecule has 1 fully saturated rings. The lowest BCUT2D eigenvalue weighted by molar-refractivity contribution is -0.141. The van der Waals surface area contributed by atoms with Gasteiger partial charge in [-0.15, -0.1) is 0 Å². The molecule has 0 radical (unpaired) electrons. The van der Waals surface area contributed by atoms with Gasteiger partial charge >= 0.3 is 5.97 Å². The molecule has 0 saturated heterocycles. The van der Waals surface area contributed by atoms with Gasteiger partial charge in [0, 0.05) is 12.5 Å². The second-order valence-electron chi connectivity index (χ2n) is 6.54. The summed E-state index contributed by atoms with van der Waals surface area (Å²) in [6, 6.07) is 7.34. The third kappa shape index (κ3) is 3.78. The molecule has 2 rings (SSSR count). The minimum Gasteiger partial charge on any atom is -0.496 e. The van der Waals surface area contributed by atoms with E-state index >= 15 is 0 Å². The summed E-state index contributed by atoms with van der Waals surface area (Å²) in [5, 5.41) is 12.2. The average Bonchev–Trinajstić information content (AvgIpc) is 3.12. The highest BCUT2D eigenvalue weighted by Gasteiger charge is 2.50. The Balaban J connectivity index is 1.96. The summed E-state index contributed by atoms with van der Waals surface area (Å²) in [5.41, 5.74) is 0.879. The van der Waals surface area contributed by atoms with E-state index in [4.69, 9.17) is 4.74 Å². The first-order chi connectivity index (χ1) is 10.3. The van der Waals surface area contributed by atoms with Crippen molar-refractivity contribution >= 4 is 11.9 Å². The van der Waals surface area contributed by atoms with E-state index < -0.39 is 11.9 Å². The maximum atomic E-state index is 12.0. The second kappa shape index (κ2) is 6.38. The number of ether oxygens (including phenoxy) is 1. The number of nitrogens with one attached hydrogen (secondary N) is 1. The zero-order valence-corrected chi connectivity index (χ0v) is 13.3. The zero-order valence-electron chi connectivity index (χ0n) is 13.3. The lowest BCUT2D eigenvalue weighted by Gasteiger charge is -2.16. The molecular weight excluding hydrogens is 282 g/mol. The van der Waals surface area contributed by atoms with Crippen molar-refractivity contribution in [2.75, 3.05) is 13.7 Å². The van der Waals surface area contributed by atoms with Crippen LogP contribution in [-0.4, -0.2) is 30.6 Å². The fourth-order valence-corrected chi connectivity index (χ4v) is 2.65. The fourth-order valence-electron chi connectivity index (χ4n) is 2.65. The summed E-state index contributed by atoms with van der Waals surface area (Å²) >= 11 is 0. The Morgan fingerprint density at radius 3 is 2.59 bits per heavy atom. The third-order valence-corrected chi connectivity index (χ3v) is 4.36. The maximum Gasteiger partial charge on any atom is 0.308 e. The number of methoxy groups -OCH3 is 1. The number of hydrogen-bond acceptors (Lipinski definition) is 3. The van der Waals surface area contributed by atoms with E-state index in [0.29, 0.717) is 12.2 Å². The Bertz CT molecular complexity index is 568. The SMILES string of the molecule is COc1ccccc1CC(CNC(=O)C1CC1(C)C)C(=O)O. The van der Waals surface area contributed by atoms with Gasteiger partial charge in [-0.25, -0.2) is 0 Å². The van der Waals surface area contributed by atoms with Gasteiger partial charge in [-0.1, -0.05) is 32.0 Å². The highest BCUT2D eigenvalue weighted by molar-refractivity contribution is 5.83. The number of amides is 1. The molecule has 0 aliphatic heterocycles. The van der Waals surface area contributed by atoms with Crippen molar-refractivity contribution in [2.45, 2.75) is 26.7 Å². The quantitative estimate of drug-likeness (QED) is 0.809. The summed E-state index contributed by atoms with van der Waals surface area (Å²) in [6.07, 6.45) is 1.19. The summed E-state index contributed by atoms with van der Waals surface area (Å²) < 4.78 is 5.25.